The molecule has 5 nitrogen and oxygen atoms in total. The summed E-state index contributed by atoms with van der Waals surface area (Å²) in [6, 6.07) is 7.81. The van der Waals surface area contributed by atoms with Gasteiger partial charge in [0, 0.05) is 13.1 Å². The molecule has 3 aromatic rings. The molecule has 2 heterocycles. The second-order valence-electron chi connectivity index (χ2n) is 4.58. The van der Waals surface area contributed by atoms with Crippen LogP contribution in [0.2, 0.25) is 0 Å². The first kappa shape index (κ1) is 13.0. The van der Waals surface area contributed by atoms with Crippen molar-refractivity contribution in [3.8, 4) is 11.4 Å². The molecular formula is C14H15ClN4O. The van der Waals surface area contributed by atoms with E-state index < -0.39 is 0 Å². The van der Waals surface area contributed by atoms with Crippen molar-refractivity contribution in [1.29, 1.82) is 0 Å². The fraction of sp³-hybridized carbons (Fsp3) is 0.286. The molecule has 0 saturated carbocycles. The van der Waals surface area contributed by atoms with Crippen LogP contribution in [0, 0.1) is 6.92 Å². The van der Waals surface area contributed by atoms with Crippen LogP contribution in [0.5, 0.6) is 5.75 Å². The molecule has 0 bridgehead atoms. The van der Waals surface area contributed by atoms with E-state index in [9.17, 15) is 0 Å². The second-order valence-corrected chi connectivity index (χ2v) is 4.85. The van der Waals surface area contributed by atoms with E-state index in [0.717, 1.165) is 34.1 Å². The summed E-state index contributed by atoms with van der Waals surface area (Å²) in [6.45, 7) is 1.95. The minimum Gasteiger partial charge on any atom is -0.497 e. The van der Waals surface area contributed by atoms with Gasteiger partial charge in [-0.3, -0.25) is 4.57 Å². The van der Waals surface area contributed by atoms with Gasteiger partial charge in [-0.2, -0.15) is 5.10 Å². The van der Waals surface area contributed by atoms with Gasteiger partial charge < -0.3 is 4.74 Å². The molecule has 0 aliphatic heterocycles. The third kappa shape index (κ3) is 1.86. The first-order chi connectivity index (χ1) is 9.65. The Hall–Kier alpha value is -2.01. The zero-order chi connectivity index (χ0) is 14.3. The summed E-state index contributed by atoms with van der Waals surface area (Å²) >= 11 is 6.04. The Balaban J connectivity index is 2.33. The summed E-state index contributed by atoms with van der Waals surface area (Å²) < 4.78 is 9.13. The Morgan fingerprint density at radius 2 is 2.15 bits per heavy atom. The molecule has 0 unspecified atom stereocenters. The molecule has 0 aliphatic carbocycles. The monoisotopic (exact) mass is 290 g/mol. The average Bonchev–Trinajstić information content (AvgIpc) is 2.98. The van der Waals surface area contributed by atoms with Crippen LogP contribution >= 0.6 is 11.6 Å². The molecule has 0 radical (unpaired) electrons. The fourth-order valence-corrected chi connectivity index (χ4v) is 2.61. The number of fused-ring (bicyclic) bond motifs is 1. The minimum atomic E-state index is 0.339. The normalized spacial score (nSPS) is 11.2. The zero-order valence-corrected chi connectivity index (χ0v) is 12.3. The molecule has 0 amide bonds. The molecule has 0 aliphatic rings. The number of halogens is 1. The summed E-state index contributed by atoms with van der Waals surface area (Å²) in [5.41, 5.74) is 3.68. The van der Waals surface area contributed by atoms with Crippen LogP contribution in [0.3, 0.4) is 0 Å². The van der Waals surface area contributed by atoms with E-state index in [4.69, 9.17) is 16.3 Å². The number of ether oxygens (including phenoxy) is 1. The maximum absolute atomic E-state index is 6.04. The lowest BCUT2D eigenvalue weighted by atomic mass is 10.3. The largest absolute Gasteiger partial charge is 0.497 e. The lowest BCUT2D eigenvalue weighted by Gasteiger charge is -2.09. The molecule has 2 aromatic heterocycles. The van der Waals surface area contributed by atoms with Crippen molar-refractivity contribution in [1.82, 2.24) is 19.3 Å². The first-order valence-electron chi connectivity index (χ1n) is 6.27. The highest BCUT2D eigenvalue weighted by molar-refractivity contribution is 6.17. The molecular weight excluding hydrogens is 276 g/mol. The molecule has 20 heavy (non-hydrogen) atoms. The number of methoxy groups -OCH3 is 1. The molecule has 0 spiro atoms. The molecule has 1 aromatic carbocycles. The summed E-state index contributed by atoms with van der Waals surface area (Å²) in [6.07, 6.45) is 0. The quantitative estimate of drug-likeness (QED) is 0.697. The van der Waals surface area contributed by atoms with Crippen molar-refractivity contribution < 1.29 is 4.74 Å². The maximum Gasteiger partial charge on any atom is 0.163 e. The molecule has 0 atom stereocenters. The number of alkyl halides is 1. The lowest BCUT2D eigenvalue weighted by Crippen LogP contribution is -2.04. The second kappa shape index (κ2) is 4.83. The number of hydrogen-bond donors (Lipinski definition) is 0. The van der Waals surface area contributed by atoms with Crippen molar-refractivity contribution in [3.05, 3.63) is 35.8 Å². The number of rotatable bonds is 3. The highest BCUT2D eigenvalue weighted by Crippen LogP contribution is 2.26. The summed E-state index contributed by atoms with van der Waals surface area (Å²) in [5.74, 6) is 1.93. The molecule has 3 rings (SSSR count). The van der Waals surface area contributed by atoms with E-state index in [2.05, 4.69) is 10.1 Å². The lowest BCUT2D eigenvalue weighted by molar-refractivity contribution is 0.414. The van der Waals surface area contributed by atoms with Crippen LogP contribution in [-0.4, -0.2) is 26.4 Å². The summed E-state index contributed by atoms with van der Waals surface area (Å²) in [5, 5.41) is 4.41. The van der Waals surface area contributed by atoms with Gasteiger partial charge in [0.2, 0.25) is 0 Å². The van der Waals surface area contributed by atoms with E-state index in [1.165, 1.54) is 0 Å². The van der Waals surface area contributed by atoms with Crippen LogP contribution in [0.25, 0.3) is 16.9 Å². The van der Waals surface area contributed by atoms with Gasteiger partial charge in [0.25, 0.3) is 0 Å². The zero-order valence-electron chi connectivity index (χ0n) is 11.6. The van der Waals surface area contributed by atoms with Crippen molar-refractivity contribution >= 4 is 22.8 Å². The number of aromatic nitrogens is 4. The van der Waals surface area contributed by atoms with Gasteiger partial charge in [-0.1, -0.05) is 6.07 Å². The van der Waals surface area contributed by atoms with E-state index >= 15 is 0 Å². The highest BCUT2D eigenvalue weighted by Gasteiger charge is 2.18. The average molecular weight is 291 g/mol. The van der Waals surface area contributed by atoms with Gasteiger partial charge in [-0.25, -0.2) is 9.67 Å². The first-order valence-corrected chi connectivity index (χ1v) is 6.80. The van der Waals surface area contributed by atoms with Gasteiger partial charge in [-0.15, -0.1) is 11.6 Å². The van der Waals surface area contributed by atoms with E-state index in [1.807, 2.05) is 47.5 Å². The van der Waals surface area contributed by atoms with Gasteiger partial charge >= 0.3 is 0 Å². The standard InChI is InChI=1S/C14H15ClN4O/c1-9-13-14(18(2)17-9)19(12(8-15)16-13)10-5-4-6-11(7-10)20-3/h4-7H,8H2,1-3H3. The van der Waals surface area contributed by atoms with Crippen molar-refractivity contribution in [2.75, 3.05) is 7.11 Å². The van der Waals surface area contributed by atoms with Gasteiger partial charge in [0.1, 0.15) is 17.1 Å². The maximum atomic E-state index is 6.04. The van der Waals surface area contributed by atoms with Crippen molar-refractivity contribution in [2.24, 2.45) is 7.05 Å². The van der Waals surface area contributed by atoms with Crippen molar-refractivity contribution in [3.63, 3.8) is 0 Å². The Bertz CT molecular complexity index is 775. The molecule has 0 N–H and O–H groups in total. The van der Waals surface area contributed by atoms with E-state index in [0.29, 0.717) is 5.88 Å². The molecule has 0 fully saturated rings. The van der Waals surface area contributed by atoms with Crippen LogP contribution in [0.1, 0.15) is 11.5 Å². The number of imidazole rings is 1. The topological polar surface area (TPSA) is 44.9 Å². The molecule has 6 heteroatoms. The van der Waals surface area contributed by atoms with Gasteiger partial charge in [-0.05, 0) is 19.1 Å². The van der Waals surface area contributed by atoms with Gasteiger partial charge in [0.05, 0.1) is 24.4 Å². The third-order valence-electron chi connectivity index (χ3n) is 3.30. The Morgan fingerprint density at radius 1 is 1.35 bits per heavy atom. The molecule has 104 valence electrons. The number of hydrogen-bond acceptors (Lipinski definition) is 3. The SMILES string of the molecule is COc1cccc(-n2c(CCl)nc3c(C)nn(C)c32)c1. The predicted molar refractivity (Wildman–Crippen MR) is 78.7 cm³/mol. The van der Waals surface area contributed by atoms with Crippen molar-refractivity contribution in [2.45, 2.75) is 12.8 Å². The number of nitrogens with zero attached hydrogens (tertiary/aromatic N) is 4. The smallest absolute Gasteiger partial charge is 0.163 e. The highest BCUT2D eigenvalue weighted by atomic mass is 35.5. The number of aryl methyl sites for hydroxylation is 2. The third-order valence-corrected chi connectivity index (χ3v) is 3.54. The van der Waals surface area contributed by atoms with Crippen LogP contribution in [-0.2, 0) is 12.9 Å². The molecule has 0 saturated heterocycles. The number of benzene rings is 1. The van der Waals surface area contributed by atoms with Crippen LogP contribution in [0.15, 0.2) is 24.3 Å². The fourth-order valence-electron chi connectivity index (χ4n) is 2.43. The van der Waals surface area contributed by atoms with E-state index in [1.54, 1.807) is 7.11 Å². The van der Waals surface area contributed by atoms with E-state index in [-0.39, 0.29) is 0 Å². The Kier molecular flexibility index (Phi) is 3.14. The predicted octanol–water partition coefficient (Wildman–Crippen LogP) is 2.81. The summed E-state index contributed by atoms with van der Waals surface area (Å²) in [4.78, 5) is 4.59. The van der Waals surface area contributed by atoms with Crippen LogP contribution in [0.4, 0.5) is 0 Å². The Morgan fingerprint density at radius 3 is 2.85 bits per heavy atom. The van der Waals surface area contributed by atoms with Crippen LogP contribution < -0.4 is 4.74 Å². The van der Waals surface area contributed by atoms with Gasteiger partial charge in [0.15, 0.2) is 5.65 Å². The minimum absolute atomic E-state index is 0.339. The Labute approximate surface area is 121 Å². The summed E-state index contributed by atoms with van der Waals surface area (Å²) in [7, 11) is 3.56.